The number of halogens is 1. The van der Waals surface area contributed by atoms with Gasteiger partial charge in [-0.05, 0) is 43.5 Å². The molecule has 1 aromatic rings. The van der Waals surface area contributed by atoms with Gasteiger partial charge in [-0.15, -0.1) is 0 Å². The van der Waals surface area contributed by atoms with Crippen molar-refractivity contribution in [2.45, 2.75) is 25.7 Å². The number of hydrogen-bond acceptors (Lipinski definition) is 2. The molecule has 1 fully saturated rings. The fourth-order valence-electron chi connectivity index (χ4n) is 2.64. The third-order valence-corrected chi connectivity index (χ3v) is 4.13. The number of nitrogens with one attached hydrogen (secondary N) is 1. The highest BCUT2D eigenvalue weighted by Gasteiger charge is 2.29. The van der Waals surface area contributed by atoms with E-state index in [4.69, 9.17) is 5.73 Å². The fraction of sp³-hybridized carbons (Fsp3) is 0.500. The highest BCUT2D eigenvalue weighted by Crippen LogP contribution is 2.30. The Bertz CT molecular complexity index is 422. The maximum atomic E-state index is 12.3. The molecule has 1 aromatic carbocycles. The van der Waals surface area contributed by atoms with E-state index in [-0.39, 0.29) is 11.8 Å². The number of amides is 1. The molecule has 1 amide bonds. The van der Waals surface area contributed by atoms with Gasteiger partial charge in [0.2, 0.25) is 5.91 Å². The molecule has 0 spiro atoms. The lowest BCUT2D eigenvalue weighted by atomic mass is 9.78. The van der Waals surface area contributed by atoms with Crippen LogP contribution >= 0.6 is 15.9 Å². The Kier molecular flexibility index (Phi) is 4.78. The Hall–Kier alpha value is -0.870. The largest absolute Gasteiger partial charge is 0.330 e. The van der Waals surface area contributed by atoms with Crippen LogP contribution in [0.4, 0.5) is 5.69 Å². The summed E-state index contributed by atoms with van der Waals surface area (Å²) in [5, 5.41) is 2.99. The first-order chi connectivity index (χ1) is 8.70. The second-order valence-corrected chi connectivity index (χ2v) is 5.80. The zero-order chi connectivity index (χ0) is 13.0. The average Bonchev–Trinajstić information content (AvgIpc) is 2.38. The summed E-state index contributed by atoms with van der Waals surface area (Å²) < 4.78 is 0.972. The lowest BCUT2D eigenvalue weighted by Crippen LogP contribution is -2.35. The predicted molar refractivity (Wildman–Crippen MR) is 77.3 cm³/mol. The molecule has 0 aromatic heterocycles. The Balaban J connectivity index is 2.02. The number of nitrogens with two attached hydrogens (primary N) is 1. The molecule has 0 radical (unpaired) electrons. The van der Waals surface area contributed by atoms with Gasteiger partial charge < -0.3 is 11.1 Å². The maximum Gasteiger partial charge on any atom is 0.227 e. The van der Waals surface area contributed by atoms with Crippen molar-refractivity contribution in [3.8, 4) is 0 Å². The molecule has 1 aliphatic rings. The van der Waals surface area contributed by atoms with Crippen LogP contribution in [0.25, 0.3) is 0 Å². The van der Waals surface area contributed by atoms with Crippen molar-refractivity contribution in [2.24, 2.45) is 17.6 Å². The number of carbonyl (C=O) groups excluding carboxylic acids is 1. The van der Waals surface area contributed by atoms with E-state index in [9.17, 15) is 4.79 Å². The molecule has 0 saturated heterocycles. The number of benzene rings is 1. The third-order valence-electron chi connectivity index (χ3n) is 3.64. The van der Waals surface area contributed by atoms with Crippen molar-refractivity contribution in [3.05, 3.63) is 28.7 Å². The fourth-order valence-corrected chi connectivity index (χ4v) is 3.04. The minimum atomic E-state index is 0.0720. The van der Waals surface area contributed by atoms with Crippen molar-refractivity contribution in [2.75, 3.05) is 11.9 Å². The van der Waals surface area contributed by atoms with Gasteiger partial charge in [0, 0.05) is 16.1 Å². The molecule has 3 N–H and O–H groups in total. The van der Waals surface area contributed by atoms with E-state index in [2.05, 4.69) is 21.2 Å². The molecule has 18 heavy (non-hydrogen) atoms. The topological polar surface area (TPSA) is 55.1 Å². The first kappa shape index (κ1) is 13.6. The molecule has 2 unspecified atom stereocenters. The number of rotatable bonds is 3. The van der Waals surface area contributed by atoms with Crippen LogP contribution in [0.1, 0.15) is 25.7 Å². The van der Waals surface area contributed by atoms with Crippen LogP contribution < -0.4 is 11.1 Å². The first-order valence-electron chi connectivity index (χ1n) is 6.47. The van der Waals surface area contributed by atoms with Gasteiger partial charge in [0.25, 0.3) is 0 Å². The average molecular weight is 311 g/mol. The van der Waals surface area contributed by atoms with Crippen molar-refractivity contribution in [1.29, 1.82) is 0 Å². The molecule has 0 bridgehead atoms. The second-order valence-electron chi connectivity index (χ2n) is 4.89. The molecule has 4 heteroatoms. The summed E-state index contributed by atoms with van der Waals surface area (Å²) in [7, 11) is 0. The van der Waals surface area contributed by atoms with Crippen LogP contribution in [-0.4, -0.2) is 12.5 Å². The van der Waals surface area contributed by atoms with E-state index in [1.165, 1.54) is 6.42 Å². The first-order valence-corrected chi connectivity index (χ1v) is 7.26. The molecule has 0 heterocycles. The predicted octanol–water partition coefficient (Wildman–Crippen LogP) is 3.15. The van der Waals surface area contributed by atoms with E-state index >= 15 is 0 Å². The Labute approximate surface area is 116 Å². The van der Waals surface area contributed by atoms with E-state index < -0.39 is 0 Å². The van der Waals surface area contributed by atoms with Crippen molar-refractivity contribution in [1.82, 2.24) is 0 Å². The molecule has 3 nitrogen and oxygen atoms in total. The molecular formula is C14H19BrN2O. The highest BCUT2D eigenvalue weighted by atomic mass is 79.9. The second kappa shape index (κ2) is 6.34. The Morgan fingerprint density at radius 1 is 1.39 bits per heavy atom. The minimum Gasteiger partial charge on any atom is -0.330 e. The van der Waals surface area contributed by atoms with Crippen LogP contribution in [0, 0.1) is 11.8 Å². The molecule has 98 valence electrons. The quantitative estimate of drug-likeness (QED) is 0.901. The van der Waals surface area contributed by atoms with Gasteiger partial charge in [-0.3, -0.25) is 4.79 Å². The Morgan fingerprint density at radius 3 is 2.89 bits per heavy atom. The van der Waals surface area contributed by atoms with Gasteiger partial charge in [0.1, 0.15) is 0 Å². The summed E-state index contributed by atoms with van der Waals surface area (Å²) in [6.45, 7) is 0.608. The summed E-state index contributed by atoms with van der Waals surface area (Å²) in [5.74, 6) is 0.525. The molecule has 1 saturated carbocycles. The van der Waals surface area contributed by atoms with Crippen LogP contribution in [0.2, 0.25) is 0 Å². The number of carbonyl (C=O) groups is 1. The van der Waals surface area contributed by atoms with E-state index in [1.807, 2.05) is 24.3 Å². The summed E-state index contributed by atoms with van der Waals surface area (Å²) >= 11 is 3.40. The highest BCUT2D eigenvalue weighted by molar-refractivity contribution is 9.10. The molecule has 2 atom stereocenters. The summed E-state index contributed by atoms with van der Waals surface area (Å²) in [6, 6.07) is 7.68. The summed E-state index contributed by atoms with van der Waals surface area (Å²) in [5.41, 5.74) is 6.60. The number of hydrogen-bond donors (Lipinski definition) is 2. The van der Waals surface area contributed by atoms with Gasteiger partial charge in [-0.2, -0.15) is 0 Å². The van der Waals surface area contributed by atoms with Crippen molar-refractivity contribution < 1.29 is 4.79 Å². The zero-order valence-electron chi connectivity index (χ0n) is 10.4. The van der Waals surface area contributed by atoms with Gasteiger partial charge in [-0.1, -0.05) is 34.8 Å². The van der Waals surface area contributed by atoms with Crippen molar-refractivity contribution >= 4 is 27.5 Å². The summed E-state index contributed by atoms with van der Waals surface area (Å²) in [4.78, 5) is 12.3. The van der Waals surface area contributed by atoms with Gasteiger partial charge in [-0.25, -0.2) is 0 Å². The minimum absolute atomic E-state index is 0.0720. The third kappa shape index (κ3) is 3.33. The molecule has 1 aliphatic carbocycles. The van der Waals surface area contributed by atoms with E-state index in [1.54, 1.807) is 0 Å². The Morgan fingerprint density at radius 2 is 2.17 bits per heavy atom. The number of anilines is 1. The van der Waals surface area contributed by atoms with Gasteiger partial charge in [0.15, 0.2) is 0 Å². The van der Waals surface area contributed by atoms with Crippen LogP contribution in [0.15, 0.2) is 28.7 Å². The van der Waals surface area contributed by atoms with Gasteiger partial charge in [0.05, 0.1) is 0 Å². The van der Waals surface area contributed by atoms with Crippen LogP contribution in [0.3, 0.4) is 0 Å². The van der Waals surface area contributed by atoms with E-state index in [0.717, 1.165) is 29.4 Å². The summed E-state index contributed by atoms with van der Waals surface area (Å²) in [6.07, 6.45) is 4.37. The lowest BCUT2D eigenvalue weighted by molar-refractivity contribution is -0.122. The SMILES string of the molecule is NCC1CCCCC1C(=O)Nc1cccc(Br)c1. The van der Waals surface area contributed by atoms with Gasteiger partial charge >= 0.3 is 0 Å². The van der Waals surface area contributed by atoms with Crippen molar-refractivity contribution in [3.63, 3.8) is 0 Å². The van der Waals surface area contributed by atoms with Crippen LogP contribution in [0.5, 0.6) is 0 Å². The smallest absolute Gasteiger partial charge is 0.227 e. The van der Waals surface area contributed by atoms with Crippen LogP contribution in [-0.2, 0) is 4.79 Å². The molecule has 0 aliphatic heterocycles. The molecule has 2 rings (SSSR count). The molecular weight excluding hydrogens is 292 g/mol. The lowest BCUT2D eigenvalue weighted by Gasteiger charge is -2.29. The van der Waals surface area contributed by atoms with E-state index in [0.29, 0.717) is 12.5 Å². The monoisotopic (exact) mass is 310 g/mol. The normalized spacial score (nSPS) is 23.7. The zero-order valence-corrected chi connectivity index (χ0v) is 11.9. The standard InChI is InChI=1S/C14H19BrN2O/c15-11-5-3-6-12(8-11)17-14(18)13-7-2-1-4-10(13)9-16/h3,5-6,8,10,13H,1-2,4,7,9,16H2,(H,17,18). The maximum absolute atomic E-state index is 12.3.